The number of ether oxygens (including phenoxy) is 1. The van der Waals surface area contributed by atoms with E-state index in [0.29, 0.717) is 18.8 Å². The summed E-state index contributed by atoms with van der Waals surface area (Å²) in [7, 11) is 0. The third-order valence-electron chi connectivity index (χ3n) is 2.75. The van der Waals surface area contributed by atoms with E-state index in [1.807, 2.05) is 0 Å². The molecule has 0 aliphatic carbocycles. The van der Waals surface area contributed by atoms with Gasteiger partial charge in [0.1, 0.15) is 6.10 Å². The zero-order chi connectivity index (χ0) is 13.3. The van der Waals surface area contributed by atoms with E-state index < -0.39 is 18.0 Å². The molecule has 1 aromatic heterocycles. The fourth-order valence-electron chi connectivity index (χ4n) is 1.93. The van der Waals surface area contributed by atoms with Gasteiger partial charge in [-0.05, 0) is 13.8 Å². The molecule has 0 spiro atoms. The molecule has 0 aromatic carbocycles. The molecule has 4 nitrogen and oxygen atoms in total. The predicted molar refractivity (Wildman–Crippen MR) is 57.6 cm³/mol. The minimum absolute atomic E-state index is 0.0895. The lowest BCUT2D eigenvalue weighted by atomic mass is 10.1. The molecule has 100 valence electrons. The second-order valence-corrected chi connectivity index (χ2v) is 4.05. The Kier molecular flexibility index (Phi) is 3.54. The van der Waals surface area contributed by atoms with E-state index >= 15 is 0 Å². The summed E-state index contributed by atoms with van der Waals surface area (Å²) >= 11 is 0. The summed E-state index contributed by atoms with van der Waals surface area (Å²) in [5, 5.41) is 2.86. The smallest absolute Gasteiger partial charge is 0.371 e. The van der Waals surface area contributed by atoms with Gasteiger partial charge in [0.2, 0.25) is 0 Å². The van der Waals surface area contributed by atoms with Crippen LogP contribution >= 0.6 is 0 Å². The van der Waals surface area contributed by atoms with Crippen LogP contribution in [0.3, 0.4) is 0 Å². The van der Waals surface area contributed by atoms with Crippen molar-refractivity contribution in [3.63, 3.8) is 0 Å². The third kappa shape index (κ3) is 2.46. The molecule has 0 saturated heterocycles. The van der Waals surface area contributed by atoms with Gasteiger partial charge in [-0.25, -0.2) is 9.97 Å². The van der Waals surface area contributed by atoms with E-state index in [0.717, 1.165) is 0 Å². The highest BCUT2D eigenvalue weighted by molar-refractivity contribution is 5.31. The molecule has 2 heterocycles. The van der Waals surface area contributed by atoms with Crippen LogP contribution in [-0.2, 0) is 24.0 Å². The third-order valence-corrected chi connectivity index (χ3v) is 2.75. The normalized spacial score (nSPS) is 16.7. The zero-order valence-electron chi connectivity index (χ0n) is 10.1. The van der Waals surface area contributed by atoms with Gasteiger partial charge in [0, 0.05) is 25.3 Å². The van der Waals surface area contributed by atoms with Crippen LogP contribution in [0.4, 0.5) is 13.2 Å². The molecule has 1 unspecified atom stereocenters. The summed E-state index contributed by atoms with van der Waals surface area (Å²) in [4.78, 5) is 7.78. The van der Waals surface area contributed by atoms with Crippen molar-refractivity contribution in [3.05, 3.63) is 22.8 Å². The van der Waals surface area contributed by atoms with Crippen molar-refractivity contribution in [1.29, 1.82) is 0 Å². The van der Waals surface area contributed by atoms with Gasteiger partial charge < -0.3 is 10.1 Å². The number of alkyl halides is 3. The summed E-state index contributed by atoms with van der Waals surface area (Å²) in [6.45, 7) is 4.32. The predicted octanol–water partition coefficient (Wildman–Crippen LogP) is 2.20. The average Bonchev–Trinajstić information content (AvgIpc) is 2.74. The molecule has 7 heteroatoms. The minimum atomic E-state index is -4.46. The summed E-state index contributed by atoms with van der Waals surface area (Å²) in [5.74, 6) is 0.0895. The maximum absolute atomic E-state index is 12.9. The summed E-state index contributed by atoms with van der Waals surface area (Å²) < 4.78 is 44.0. The summed E-state index contributed by atoms with van der Waals surface area (Å²) in [5.41, 5.74) is -0.284. The van der Waals surface area contributed by atoms with Crippen LogP contribution in [0.1, 0.15) is 42.7 Å². The van der Waals surface area contributed by atoms with Crippen LogP contribution in [0.2, 0.25) is 0 Å². The zero-order valence-corrected chi connectivity index (χ0v) is 10.1. The molecule has 18 heavy (non-hydrogen) atoms. The van der Waals surface area contributed by atoms with E-state index in [9.17, 15) is 13.2 Å². The Morgan fingerprint density at radius 3 is 2.67 bits per heavy atom. The summed E-state index contributed by atoms with van der Waals surface area (Å²) in [6, 6.07) is 0. The molecule has 1 aliphatic rings. The van der Waals surface area contributed by atoms with Crippen LogP contribution < -0.4 is 5.32 Å². The maximum Gasteiger partial charge on any atom is 0.433 e. The SMILES string of the molecule is CCOC(C)c1nc2c(c(C(F)(F)F)n1)CNC2. The monoisotopic (exact) mass is 261 g/mol. The number of fused-ring (bicyclic) bond motifs is 1. The molecule has 1 aromatic rings. The number of hydrogen-bond donors (Lipinski definition) is 1. The van der Waals surface area contributed by atoms with E-state index in [1.54, 1.807) is 13.8 Å². The van der Waals surface area contributed by atoms with Crippen molar-refractivity contribution in [2.24, 2.45) is 0 Å². The second kappa shape index (κ2) is 4.81. The van der Waals surface area contributed by atoms with Crippen LogP contribution in [0.15, 0.2) is 0 Å². The molecule has 0 radical (unpaired) electrons. The van der Waals surface area contributed by atoms with Gasteiger partial charge in [0.15, 0.2) is 11.5 Å². The number of aromatic nitrogens is 2. The second-order valence-electron chi connectivity index (χ2n) is 4.05. The Morgan fingerprint density at radius 2 is 2.06 bits per heavy atom. The molecule has 0 saturated carbocycles. The highest BCUT2D eigenvalue weighted by Crippen LogP contribution is 2.34. The molecular formula is C11H14F3N3O. The fraction of sp³-hybridized carbons (Fsp3) is 0.636. The fourth-order valence-corrected chi connectivity index (χ4v) is 1.93. The van der Waals surface area contributed by atoms with Gasteiger partial charge >= 0.3 is 6.18 Å². The largest absolute Gasteiger partial charge is 0.433 e. The number of halogens is 3. The van der Waals surface area contributed by atoms with Crippen LogP contribution in [0.25, 0.3) is 0 Å². The highest BCUT2D eigenvalue weighted by Gasteiger charge is 2.38. The van der Waals surface area contributed by atoms with Gasteiger partial charge in [-0.2, -0.15) is 13.2 Å². The number of rotatable bonds is 3. The first kappa shape index (κ1) is 13.2. The molecule has 1 aliphatic heterocycles. The lowest BCUT2D eigenvalue weighted by Gasteiger charge is -2.15. The molecule has 1 N–H and O–H groups in total. The molecule has 1 atom stereocenters. The van der Waals surface area contributed by atoms with E-state index in [1.165, 1.54) is 0 Å². The molecular weight excluding hydrogens is 247 g/mol. The lowest BCUT2D eigenvalue weighted by Crippen LogP contribution is -2.17. The van der Waals surface area contributed by atoms with Gasteiger partial charge in [-0.1, -0.05) is 0 Å². The van der Waals surface area contributed by atoms with Gasteiger partial charge in [0.25, 0.3) is 0 Å². The van der Waals surface area contributed by atoms with Crippen molar-refractivity contribution in [1.82, 2.24) is 15.3 Å². The number of hydrogen-bond acceptors (Lipinski definition) is 4. The first-order valence-electron chi connectivity index (χ1n) is 5.72. The average molecular weight is 261 g/mol. The van der Waals surface area contributed by atoms with E-state index in [4.69, 9.17) is 4.74 Å². The van der Waals surface area contributed by atoms with Crippen molar-refractivity contribution >= 4 is 0 Å². The Hall–Kier alpha value is -1.21. The van der Waals surface area contributed by atoms with Crippen LogP contribution in [0.5, 0.6) is 0 Å². The standard InChI is InChI=1S/C11H14F3N3O/c1-3-18-6(2)10-16-8-5-15-4-7(8)9(17-10)11(12,13)14/h6,15H,3-5H2,1-2H3. The highest BCUT2D eigenvalue weighted by atomic mass is 19.4. The van der Waals surface area contributed by atoms with Crippen molar-refractivity contribution in [3.8, 4) is 0 Å². The molecule has 0 amide bonds. The quantitative estimate of drug-likeness (QED) is 0.906. The Bertz CT molecular complexity index is 448. The van der Waals surface area contributed by atoms with Crippen molar-refractivity contribution < 1.29 is 17.9 Å². The van der Waals surface area contributed by atoms with E-state index in [-0.39, 0.29) is 17.9 Å². The Morgan fingerprint density at radius 1 is 1.33 bits per heavy atom. The topological polar surface area (TPSA) is 47.0 Å². The van der Waals surface area contributed by atoms with Crippen molar-refractivity contribution in [2.45, 2.75) is 39.2 Å². The van der Waals surface area contributed by atoms with Crippen molar-refractivity contribution in [2.75, 3.05) is 6.61 Å². The lowest BCUT2D eigenvalue weighted by molar-refractivity contribution is -0.142. The first-order chi connectivity index (χ1) is 8.43. The Balaban J connectivity index is 2.46. The summed E-state index contributed by atoms with van der Waals surface area (Å²) in [6.07, 6.45) is -5.00. The molecule has 0 fully saturated rings. The van der Waals surface area contributed by atoms with Crippen LogP contribution in [-0.4, -0.2) is 16.6 Å². The molecule has 2 rings (SSSR count). The Labute approximate surface area is 103 Å². The van der Waals surface area contributed by atoms with Crippen LogP contribution in [0, 0.1) is 0 Å². The minimum Gasteiger partial charge on any atom is -0.371 e. The molecule has 0 bridgehead atoms. The van der Waals surface area contributed by atoms with E-state index in [2.05, 4.69) is 15.3 Å². The van der Waals surface area contributed by atoms with Gasteiger partial charge in [0.05, 0.1) is 5.69 Å². The van der Waals surface area contributed by atoms with Gasteiger partial charge in [-0.15, -0.1) is 0 Å². The number of nitrogens with one attached hydrogen (secondary N) is 1. The first-order valence-corrected chi connectivity index (χ1v) is 5.72. The van der Waals surface area contributed by atoms with Gasteiger partial charge in [-0.3, -0.25) is 0 Å². The maximum atomic E-state index is 12.9. The number of nitrogens with zero attached hydrogens (tertiary/aromatic N) is 2.